The van der Waals surface area contributed by atoms with Gasteiger partial charge in [0.2, 0.25) is 0 Å². The van der Waals surface area contributed by atoms with Crippen molar-refractivity contribution in [3.05, 3.63) is 61.6 Å². The molecule has 0 aromatic heterocycles. The fourth-order valence-electron chi connectivity index (χ4n) is 1.48. The van der Waals surface area contributed by atoms with E-state index in [1.807, 2.05) is 36.4 Å². The summed E-state index contributed by atoms with van der Waals surface area (Å²) in [5.41, 5.74) is 1.75. The molecule has 0 bridgehead atoms. The van der Waals surface area contributed by atoms with Crippen LogP contribution in [0.15, 0.2) is 46.9 Å². The highest BCUT2D eigenvalue weighted by atomic mass is 127. The van der Waals surface area contributed by atoms with Crippen molar-refractivity contribution in [3.8, 4) is 11.8 Å². The zero-order valence-corrected chi connectivity index (χ0v) is 13.1. The summed E-state index contributed by atoms with van der Waals surface area (Å²) in [6.07, 6.45) is 0. The van der Waals surface area contributed by atoms with Crippen molar-refractivity contribution < 1.29 is 4.74 Å². The largest absolute Gasteiger partial charge is 0.488 e. The average Bonchev–Trinajstić information content (AvgIpc) is 2.37. The molecule has 90 valence electrons. The van der Waals surface area contributed by atoms with Crippen LogP contribution in [-0.2, 0) is 6.61 Å². The maximum absolute atomic E-state index is 8.79. The maximum atomic E-state index is 8.79. The van der Waals surface area contributed by atoms with Crippen molar-refractivity contribution in [2.24, 2.45) is 0 Å². The highest BCUT2D eigenvalue weighted by Gasteiger charge is 2.03. The Bertz CT molecular complexity index is 607. The van der Waals surface area contributed by atoms with E-state index in [1.54, 1.807) is 6.07 Å². The fourth-order valence-corrected chi connectivity index (χ4v) is 2.59. The van der Waals surface area contributed by atoms with Gasteiger partial charge in [-0.1, -0.05) is 28.1 Å². The SMILES string of the molecule is N#Cc1ccc(OCc2cccc(Br)c2)c(I)c1. The highest BCUT2D eigenvalue weighted by molar-refractivity contribution is 14.1. The smallest absolute Gasteiger partial charge is 0.133 e. The first-order valence-electron chi connectivity index (χ1n) is 5.26. The molecular formula is C14H9BrINO. The van der Waals surface area contributed by atoms with Crippen LogP contribution in [0, 0.1) is 14.9 Å². The minimum absolute atomic E-state index is 0.515. The van der Waals surface area contributed by atoms with Crippen LogP contribution in [0.1, 0.15) is 11.1 Å². The van der Waals surface area contributed by atoms with Crippen LogP contribution in [-0.4, -0.2) is 0 Å². The van der Waals surface area contributed by atoms with Gasteiger partial charge in [0.15, 0.2) is 0 Å². The van der Waals surface area contributed by atoms with Crippen molar-refractivity contribution >= 4 is 38.5 Å². The van der Waals surface area contributed by atoms with Crippen molar-refractivity contribution in [1.82, 2.24) is 0 Å². The summed E-state index contributed by atoms with van der Waals surface area (Å²) >= 11 is 5.60. The lowest BCUT2D eigenvalue weighted by atomic mass is 10.2. The Morgan fingerprint density at radius 1 is 1.22 bits per heavy atom. The van der Waals surface area contributed by atoms with Crippen molar-refractivity contribution in [3.63, 3.8) is 0 Å². The lowest BCUT2D eigenvalue weighted by molar-refractivity contribution is 0.304. The summed E-state index contributed by atoms with van der Waals surface area (Å²) in [5.74, 6) is 0.801. The monoisotopic (exact) mass is 413 g/mol. The lowest BCUT2D eigenvalue weighted by Crippen LogP contribution is -1.97. The number of hydrogen-bond acceptors (Lipinski definition) is 2. The van der Waals surface area contributed by atoms with Gasteiger partial charge in [-0.05, 0) is 58.5 Å². The Morgan fingerprint density at radius 3 is 2.72 bits per heavy atom. The van der Waals surface area contributed by atoms with E-state index in [2.05, 4.69) is 44.6 Å². The number of halogens is 2. The van der Waals surface area contributed by atoms with Crippen LogP contribution in [0.25, 0.3) is 0 Å². The van der Waals surface area contributed by atoms with Gasteiger partial charge in [-0.3, -0.25) is 0 Å². The van der Waals surface area contributed by atoms with Crippen LogP contribution >= 0.6 is 38.5 Å². The molecule has 0 amide bonds. The first-order valence-corrected chi connectivity index (χ1v) is 7.13. The van der Waals surface area contributed by atoms with E-state index in [4.69, 9.17) is 10.00 Å². The van der Waals surface area contributed by atoms with Crippen LogP contribution in [0.2, 0.25) is 0 Å². The molecule has 0 heterocycles. The van der Waals surface area contributed by atoms with E-state index in [1.165, 1.54) is 0 Å². The van der Waals surface area contributed by atoms with Crippen molar-refractivity contribution in [1.29, 1.82) is 5.26 Å². The van der Waals surface area contributed by atoms with Gasteiger partial charge >= 0.3 is 0 Å². The number of hydrogen-bond donors (Lipinski definition) is 0. The molecule has 0 atom stereocenters. The van der Waals surface area contributed by atoms with Crippen LogP contribution < -0.4 is 4.74 Å². The molecular weight excluding hydrogens is 405 g/mol. The zero-order valence-electron chi connectivity index (χ0n) is 9.36. The van der Waals surface area contributed by atoms with Crippen LogP contribution in [0.4, 0.5) is 0 Å². The molecule has 18 heavy (non-hydrogen) atoms. The summed E-state index contributed by atoms with van der Waals surface area (Å²) in [4.78, 5) is 0. The molecule has 2 nitrogen and oxygen atoms in total. The standard InChI is InChI=1S/C14H9BrINO/c15-12-3-1-2-11(6-12)9-18-14-5-4-10(8-17)7-13(14)16/h1-7H,9H2. The normalized spacial score (nSPS) is 9.83. The van der Waals surface area contributed by atoms with Gasteiger partial charge in [-0.25, -0.2) is 0 Å². The van der Waals surface area contributed by atoms with Crippen molar-refractivity contribution in [2.75, 3.05) is 0 Å². The minimum Gasteiger partial charge on any atom is -0.488 e. The first-order chi connectivity index (χ1) is 8.69. The zero-order chi connectivity index (χ0) is 13.0. The van der Waals surface area contributed by atoms with E-state index in [0.717, 1.165) is 19.4 Å². The summed E-state index contributed by atoms with van der Waals surface area (Å²) in [7, 11) is 0. The minimum atomic E-state index is 0.515. The van der Waals surface area contributed by atoms with E-state index in [0.29, 0.717) is 12.2 Å². The van der Waals surface area contributed by atoms with Gasteiger partial charge in [0.05, 0.1) is 15.2 Å². The third-order valence-electron chi connectivity index (χ3n) is 2.34. The van der Waals surface area contributed by atoms with Gasteiger partial charge in [0.1, 0.15) is 12.4 Å². The number of rotatable bonds is 3. The molecule has 0 aliphatic rings. The van der Waals surface area contributed by atoms with Crippen LogP contribution in [0.5, 0.6) is 5.75 Å². The molecule has 0 saturated carbocycles. The summed E-state index contributed by atoms with van der Waals surface area (Å²) in [5, 5.41) is 8.79. The number of ether oxygens (including phenoxy) is 1. The second-order valence-corrected chi connectivity index (χ2v) is 5.75. The average molecular weight is 414 g/mol. The second-order valence-electron chi connectivity index (χ2n) is 3.68. The molecule has 0 unspecified atom stereocenters. The van der Waals surface area contributed by atoms with Gasteiger partial charge < -0.3 is 4.74 Å². The predicted molar refractivity (Wildman–Crippen MR) is 82.3 cm³/mol. The Kier molecular flexibility index (Phi) is 4.61. The van der Waals surface area contributed by atoms with E-state index >= 15 is 0 Å². The molecule has 2 rings (SSSR count). The molecule has 0 radical (unpaired) electrons. The Hall–Kier alpha value is -1.06. The van der Waals surface area contributed by atoms with E-state index in [9.17, 15) is 0 Å². The quantitative estimate of drug-likeness (QED) is 0.694. The molecule has 4 heteroatoms. The van der Waals surface area contributed by atoms with Gasteiger partial charge in [-0.2, -0.15) is 5.26 Å². The molecule has 2 aromatic carbocycles. The topological polar surface area (TPSA) is 33.0 Å². The summed E-state index contributed by atoms with van der Waals surface area (Å²) in [6, 6.07) is 15.5. The third-order valence-corrected chi connectivity index (χ3v) is 3.68. The first kappa shape index (κ1) is 13.4. The third kappa shape index (κ3) is 3.47. The molecule has 0 saturated heterocycles. The van der Waals surface area contributed by atoms with E-state index < -0.39 is 0 Å². The lowest BCUT2D eigenvalue weighted by Gasteiger charge is -2.08. The molecule has 0 aliphatic heterocycles. The maximum Gasteiger partial charge on any atom is 0.133 e. The highest BCUT2D eigenvalue weighted by Crippen LogP contribution is 2.23. The number of nitriles is 1. The molecule has 0 aliphatic carbocycles. The number of benzene rings is 2. The Balaban J connectivity index is 2.09. The Labute approximate surface area is 128 Å². The molecule has 0 N–H and O–H groups in total. The summed E-state index contributed by atoms with van der Waals surface area (Å²) < 4.78 is 7.73. The van der Waals surface area contributed by atoms with Gasteiger partial charge in [-0.15, -0.1) is 0 Å². The predicted octanol–water partition coefficient (Wildman–Crippen LogP) is 4.50. The molecule has 2 aromatic rings. The molecule has 0 fully saturated rings. The van der Waals surface area contributed by atoms with Crippen LogP contribution in [0.3, 0.4) is 0 Å². The number of nitrogens with zero attached hydrogens (tertiary/aromatic N) is 1. The van der Waals surface area contributed by atoms with E-state index in [-0.39, 0.29) is 0 Å². The van der Waals surface area contributed by atoms with Gasteiger partial charge in [0.25, 0.3) is 0 Å². The second kappa shape index (κ2) is 6.21. The molecule has 0 spiro atoms. The van der Waals surface area contributed by atoms with Crippen molar-refractivity contribution in [2.45, 2.75) is 6.61 Å². The fraction of sp³-hybridized carbons (Fsp3) is 0.0714. The summed E-state index contributed by atoms with van der Waals surface area (Å²) in [6.45, 7) is 0.515. The van der Waals surface area contributed by atoms with Gasteiger partial charge in [0, 0.05) is 4.47 Å². The Morgan fingerprint density at radius 2 is 2.06 bits per heavy atom.